The maximum Gasteiger partial charge on any atom is 0.325 e. The van der Waals surface area contributed by atoms with Gasteiger partial charge in [0.25, 0.3) is 5.91 Å². The molecule has 8 nitrogen and oxygen atoms in total. The Hall–Kier alpha value is -2.38. The van der Waals surface area contributed by atoms with Gasteiger partial charge in [0.05, 0.1) is 6.20 Å². The summed E-state index contributed by atoms with van der Waals surface area (Å²) in [6.45, 7) is 0.846. The van der Waals surface area contributed by atoms with E-state index in [2.05, 4.69) is 15.7 Å². The van der Waals surface area contributed by atoms with Gasteiger partial charge in [-0.2, -0.15) is 5.10 Å². The lowest BCUT2D eigenvalue weighted by atomic mass is 9.98. The van der Waals surface area contributed by atoms with E-state index >= 15 is 0 Å². The number of imide groups is 1. The molecular formula is C17H25N5O3. The molecule has 0 bridgehead atoms. The minimum Gasteiger partial charge on any atom is -0.356 e. The molecule has 1 aliphatic carbocycles. The second-order valence-corrected chi connectivity index (χ2v) is 6.90. The zero-order chi connectivity index (χ0) is 17.9. The lowest BCUT2D eigenvalue weighted by Crippen LogP contribution is -2.44. The molecule has 3 rings (SSSR count). The summed E-state index contributed by atoms with van der Waals surface area (Å²) in [5.74, 6) is -0.182. The number of aromatic nitrogens is 2. The number of urea groups is 1. The van der Waals surface area contributed by atoms with E-state index < -0.39 is 5.54 Å². The maximum atomic E-state index is 12.5. The first kappa shape index (κ1) is 17.4. The average Bonchev–Trinajstić information content (AvgIpc) is 3.25. The Labute approximate surface area is 146 Å². The number of amides is 4. The van der Waals surface area contributed by atoms with E-state index in [0.29, 0.717) is 25.9 Å². The Balaban J connectivity index is 1.37. The summed E-state index contributed by atoms with van der Waals surface area (Å²) in [5, 5.41) is 9.79. The van der Waals surface area contributed by atoms with Crippen LogP contribution >= 0.6 is 0 Å². The van der Waals surface area contributed by atoms with Crippen molar-refractivity contribution in [2.24, 2.45) is 7.05 Å². The Morgan fingerprint density at radius 3 is 2.80 bits per heavy atom. The predicted molar refractivity (Wildman–Crippen MR) is 90.6 cm³/mol. The van der Waals surface area contributed by atoms with Crippen molar-refractivity contribution in [1.29, 1.82) is 0 Å². The Kier molecular flexibility index (Phi) is 5.06. The fraction of sp³-hybridized carbons (Fsp3) is 0.647. The number of carbonyl (C=O) groups excluding carboxylic acids is 3. The number of carbonyl (C=O) groups is 3. The summed E-state index contributed by atoms with van der Waals surface area (Å²) in [7, 11) is 1.85. The summed E-state index contributed by atoms with van der Waals surface area (Å²) in [5.41, 5.74) is 0.410. The summed E-state index contributed by atoms with van der Waals surface area (Å²) >= 11 is 0. The van der Waals surface area contributed by atoms with Gasteiger partial charge >= 0.3 is 6.03 Å². The molecule has 1 saturated carbocycles. The number of rotatable bonds is 7. The van der Waals surface area contributed by atoms with Crippen LogP contribution in [-0.2, 0) is 23.1 Å². The quantitative estimate of drug-likeness (QED) is 0.711. The van der Waals surface area contributed by atoms with Gasteiger partial charge in [0.1, 0.15) is 5.54 Å². The first-order valence-corrected chi connectivity index (χ1v) is 8.88. The van der Waals surface area contributed by atoms with Crippen LogP contribution in [0.5, 0.6) is 0 Å². The van der Waals surface area contributed by atoms with E-state index in [1.165, 1.54) is 4.90 Å². The summed E-state index contributed by atoms with van der Waals surface area (Å²) < 4.78 is 1.73. The molecule has 1 spiro atoms. The van der Waals surface area contributed by atoms with E-state index in [0.717, 1.165) is 37.7 Å². The number of nitrogens with zero attached hydrogens (tertiary/aromatic N) is 3. The van der Waals surface area contributed by atoms with Crippen molar-refractivity contribution in [3.05, 3.63) is 18.0 Å². The fourth-order valence-corrected chi connectivity index (χ4v) is 3.63. The van der Waals surface area contributed by atoms with Crippen LogP contribution in [0.25, 0.3) is 0 Å². The molecule has 2 fully saturated rings. The second kappa shape index (κ2) is 7.25. The number of hydrogen-bond donors (Lipinski definition) is 2. The van der Waals surface area contributed by atoms with Gasteiger partial charge in [0, 0.05) is 32.8 Å². The molecule has 1 aliphatic heterocycles. The Morgan fingerprint density at radius 2 is 2.12 bits per heavy atom. The van der Waals surface area contributed by atoms with Gasteiger partial charge < -0.3 is 10.6 Å². The van der Waals surface area contributed by atoms with Crippen LogP contribution in [0.3, 0.4) is 0 Å². The third-order valence-electron chi connectivity index (χ3n) is 4.98. The lowest BCUT2D eigenvalue weighted by molar-refractivity contribution is -0.131. The van der Waals surface area contributed by atoms with Crippen molar-refractivity contribution < 1.29 is 14.4 Å². The fourth-order valence-electron chi connectivity index (χ4n) is 3.63. The van der Waals surface area contributed by atoms with Crippen LogP contribution in [0.2, 0.25) is 0 Å². The molecular weight excluding hydrogens is 322 g/mol. The zero-order valence-electron chi connectivity index (χ0n) is 14.6. The van der Waals surface area contributed by atoms with Crippen LogP contribution in [0.1, 0.15) is 44.1 Å². The van der Waals surface area contributed by atoms with Gasteiger partial charge in [0.2, 0.25) is 5.91 Å². The van der Waals surface area contributed by atoms with E-state index in [4.69, 9.17) is 0 Å². The first-order valence-electron chi connectivity index (χ1n) is 8.88. The van der Waals surface area contributed by atoms with Crippen LogP contribution < -0.4 is 10.6 Å². The summed E-state index contributed by atoms with van der Waals surface area (Å²) in [6, 6.07) is -0.316. The second-order valence-electron chi connectivity index (χ2n) is 6.90. The molecule has 2 heterocycles. The highest BCUT2D eigenvalue weighted by atomic mass is 16.2. The van der Waals surface area contributed by atoms with Gasteiger partial charge in [-0.3, -0.25) is 19.2 Å². The first-order chi connectivity index (χ1) is 12.0. The molecule has 1 aromatic rings. The van der Waals surface area contributed by atoms with E-state index in [-0.39, 0.29) is 17.8 Å². The third kappa shape index (κ3) is 3.83. The standard InChI is InChI=1S/C17H25N5O3/c1-21-12-13(11-19-21)6-9-18-14(23)5-4-10-22-15(24)17(20-16(22)25)7-2-3-8-17/h11-12H,2-10H2,1H3,(H,18,23)(H,20,25). The van der Waals surface area contributed by atoms with E-state index in [1.807, 2.05) is 13.2 Å². The molecule has 0 atom stereocenters. The van der Waals surface area contributed by atoms with Gasteiger partial charge in [0.15, 0.2) is 0 Å². The lowest BCUT2D eigenvalue weighted by Gasteiger charge is -2.19. The predicted octanol–water partition coefficient (Wildman–Crippen LogP) is 0.724. The van der Waals surface area contributed by atoms with Crippen molar-refractivity contribution >= 4 is 17.8 Å². The van der Waals surface area contributed by atoms with Gasteiger partial charge in [-0.1, -0.05) is 12.8 Å². The molecule has 2 aliphatic rings. The highest BCUT2D eigenvalue weighted by molar-refractivity contribution is 6.07. The largest absolute Gasteiger partial charge is 0.356 e. The van der Waals surface area contributed by atoms with Crippen molar-refractivity contribution in [2.75, 3.05) is 13.1 Å². The average molecular weight is 347 g/mol. The van der Waals surface area contributed by atoms with Gasteiger partial charge in [-0.25, -0.2) is 4.79 Å². The number of nitrogens with one attached hydrogen (secondary N) is 2. The Morgan fingerprint density at radius 1 is 1.36 bits per heavy atom. The highest BCUT2D eigenvalue weighted by Gasteiger charge is 2.51. The molecule has 0 unspecified atom stereocenters. The molecule has 0 radical (unpaired) electrons. The van der Waals surface area contributed by atoms with Crippen molar-refractivity contribution in [3.8, 4) is 0 Å². The summed E-state index contributed by atoms with van der Waals surface area (Å²) in [4.78, 5) is 37.7. The van der Waals surface area contributed by atoms with Crippen LogP contribution in [0, 0.1) is 0 Å². The van der Waals surface area contributed by atoms with Crippen molar-refractivity contribution in [2.45, 2.75) is 50.5 Å². The van der Waals surface area contributed by atoms with Crippen molar-refractivity contribution in [3.63, 3.8) is 0 Å². The van der Waals surface area contributed by atoms with Gasteiger partial charge in [-0.15, -0.1) is 0 Å². The van der Waals surface area contributed by atoms with E-state index in [1.54, 1.807) is 10.9 Å². The number of hydrogen-bond acceptors (Lipinski definition) is 4. The minimum absolute atomic E-state index is 0.0634. The Bertz CT molecular complexity index is 663. The smallest absolute Gasteiger partial charge is 0.325 e. The monoisotopic (exact) mass is 347 g/mol. The minimum atomic E-state index is -0.664. The molecule has 1 aromatic heterocycles. The molecule has 1 saturated heterocycles. The van der Waals surface area contributed by atoms with Crippen LogP contribution in [0.4, 0.5) is 4.79 Å². The molecule has 136 valence electrons. The molecule has 25 heavy (non-hydrogen) atoms. The molecule has 0 aromatic carbocycles. The number of aryl methyl sites for hydroxylation is 1. The van der Waals surface area contributed by atoms with Crippen LogP contribution in [0.15, 0.2) is 12.4 Å². The zero-order valence-corrected chi connectivity index (χ0v) is 14.6. The molecule has 4 amide bonds. The highest BCUT2D eigenvalue weighted by Crippen LogP contribution is 2.35. The SMILES string of the molecule is Cn1cc(CCNC(=O)CCCN2C(=O)NC3(CCCC3)C2=O)cn1. The van der Waals surface area contributed by atoms with E-state index in [9.17, 15) is 14.4 Å². The van der Waals surface area contributed by atoms with Crippen molar-refractivity contribution in [1.82, 2.24) is 25.3 Å². The topological polar surface area (TPSA) is 96.3 Å². The maximum absolute atomic E-state index is 12.5. The molecule has 2 N–H and O–H groups in total. The normalized spacial score (nSPS) is 18.8. The third-order valence-corrected chi connectivity index (χ3v) is 4.98. The van der Waals surface area contributed by atoms with Crippen LogP contribution in [-0.4, -0.2) is 51.2 Å². The van der Waals surface area contributed by atoms with Gasteiger partial charge in [-0.05, 0) is 31.2 Å². The molecule has 8 heteroatoms. The summed E-state index contributed by atoms with van der Waals surface area (Å²) in [6.07, 6.45) is 8.61.